The lowest BCUT2D eigenvalue weighted by atomic mass is 10.1. The number of halogens is 1. The van der Waals surface area contributed by atoms with Crippen LogP contribution in [-0.4, -0.2) is 25.2 Å². The number of para-hydroxylation sites is 1. The maximum atomic E-state index is 12.9. The summed E-state index contributed by atoms with van der Waals surface area (Å²) in [5.41, 5.74) is 6.60. The second-order valence-electron chi connectivity index (χ2n) is 5.34. The molecule has 2 rings (SSSR count). The van der Waals surface area contributed by atoms with Crippen LogP contribution in [0.4, 0.5) is 4.39 Å². The zero-order valence-electron chi connectivity index (χ0n) is 14.9. The summed E-state index contributed by atoms with van der Waals surface area (Å²) < 4.78 is 23.4. The first-order chi connectivity index (χ1) is 13.0. The number of hydrogen-bond acceptors (Lipinski definition) is 4. The Labute approximate surface area is 162 Å². The molecule has 0 spiro atoms. The topological polar surface area (TPSA) is 71.6 Å². The molecule has 0 aliphatic rings. The van der Waals surface area contributed by atoms with Gasteiger partial charge < -0.3 is 14.8 Å². The first kappa shape index (κ1) is 20.2. The molecule has 0 fully saturated rings. The van der Waals surface area contributed by atoms with E-state index in [1.165, 1.54) is 25.3 Å². The van der Waals surface area contributed by atoms with Crippen LogP contribution < -0.4 is 25.6 Å². The molecule has 0 unspecified atom stereocenters. The Morgan fingerprint density at radius 2 is 1.85 bits per heavy atom. The number of rotatable bonds is 6. The van der Waals surface area contributed by atoms with Crippen molar-refractivity contribution in [3.8, 4) is 11.5 Å². The molecule has 6 nitrogen and oxygen atoms in total. The fourth-order valence-corrected chi connectivity index (χ4v) is 2.32. The van der Waals surface area contributed by atoms with Crippen molar-refractivity contribution in [3.63, 3.8) is 0 Å². The van der Waals surface area contributed by atoms with Gasteiger partial charge in [-0.1, -0.05) is 24.3 Å². The zero-order chi connectivity index (χ0) is 19.6. The highest BCUT2D eigenvalue weighted by Gasteiger charge is 2.07. The molecule has 0 heterocycles. The molecular formula is C19H20FN3O3S. The summed E-state index contributed by atoms with van der Waals surface area (Å²) in [5.74, 6) is 0.412. The Morgan fingerprint density at radius 3 is 2.52 bits per heavy atom. The van der Waals surface area contributed by atoms with Crippen molar-refractivity contribution < 1.29 is 18.7 Å². The Kier molecular flexibility index (Phi) is 7.57. The summed E-state index contributed by atoms with van der Waals surface area (Å²) in [7, 11) is 3.07. The summed E-state index contributed by atoms with van der Waals surface area (Å²) in [6.45, 7) is 0.402. The van der Waals surface area contributed by atoms with Gasteiger partial charge in [0.05, 0.1) is 14.2 Å². The van der Waals surface area contributed by atoms with E-state index in [-0.39, 0.29) is 10.9 Å². The maximum absolute atomic E-state index is 12.9. The number of benzene rings is 2. The highest BCUT2D eigenvalue weighted by atomic mass is 32.1. The molecule has 0 aliphatic heterocycles. The summed E-state index contributed by atoms with van der Waals surface area (Å²) in [6, 6.07) is 11.4. The third-order valence-corrected chi connectivity index (χ3v) is 3.76. The number of amides is 1. The van der Waals surface area contributed by atoms with Crippen molar-refractivity contribution in [1.82, 2.24) is 16.2 Å². The van der Waals surface area contributed by atoms with Crippen LogP contribution in [0.25, 0.3) is 6.08 Å². The SMILES string of the molecule is COc1cccc(/C=C/C(=O)NNC(=S)NCc2ccc(F)cc2)c1OC. The molecule has 0 saturated carbocycles. The van der Waals surface area contributed by atoms with E-state index < -0.39 is 5.91 Å². The number of methoxy groups -OCH3 is 2. The lowest BCUT2D eigenvalue weighted by Crippen LogP contribution is -2.45. The standard InChI is InChI=1S/C19H20FN3O3S/c1-25-16-5-3-4-14(18(16)26-2)8-11-17(24)22-23-19(27)21-12-13-6-9-15(20)10-7-13/h3-11H,12H2,1-2H3,(H,22,24)(H2,21,23,27)/b11-8+. The monoisotopic (exact) mass is 389 g/mol. The van der Waals surface area contributed by atoms with Gasteiger partial charge in [-0.05, 0) is 42.1 Å². The highest BCUT2D eigenvalue weighted by molar-refractivity contribution is 7.80. The number of hydrazine groups is 1. The van der Waals surface area contributed by atoms with Crippen molar-refractivity contribution in [1.29, 1.82) is 0 Å². The molecule has 8 heteroatoms. The molecule has 0 aromatic heterocycles. The van der Waals surface area contributed by atoms with E-state index in [2.05, 4.69) is 16.2 Å². The minimum absolute atomic E-state index is 0.236. The zero-order valence-corrected chi connectivity index (χ0v) is 15.7. The van der Waals surface area contributed by atoms with Crippen LogP contribution in [0, 0.1) is 5.82 Å². The Morgan fingerprint density at radius 1 is 1.11 bits per heavy atom. The summed E-state index contributed by atoms with van der Waals surface area (Å²) in [5, 5.41) is 3.14. The maximum Gasteiger partial charge on any atom is 0.262 e. The molecule has 2 aromatic carbocycles. The lowest BCUT2D eigenvalue weighted by Gasteiger charge is -2.11. The van der Waals surface area contributed by atoms with E-state index in [1.54, 1.807) is 43.5 Å². The van der Waals surface area contributed by atoms with Gasteiger partial charge in [0.25, 0.3) is 5.91 Å². The fourth-order valence-electron chi connectivity index (χ4n) is 2.20. The second kappa shape index (κ2) is 10.1. The molecule has 3 N–H and O–H groups in total. The fraction of sp³-hybridized carbons (Fsp3) is 0.158. The van der Waals surface area contributed by atoms with Crippen LogP contribution >= 0.6 is 12.2 Å². The average Bonchev–Trinajstić information content (AvgIpc) is 2.69. The quantitative estimate of drug-likeness (QED) is 0.401. The van der Waals surface area contributed by atoms with Crippen LogP contribution in [0.5, 0.6) is 11.5 Å². The Hall–Kier alpha value is -3.13. The van der Waals surface area contributed by atoms with E-state index >= 15 is 0 Å². The minimum atomic E-state index is -0.397. The van der Waals surface area contributed by atoms with Crippen LogP contribution in [0.1, 0.15) is 11.1 Å². The van der Waals surface area contributed by atoms with Crippen molar-refractivity contribution in [2.45, 2.75) is 6.54 Å². The van der Waals surface area contributed by atoms with Crippen LogP contribution in [0.2, 0.25) is 0 Å². The molecular weight excluding hydrogens is 369 g/mol. The Balaban J connectivity index is 1.82. The van der Waals surface area contributed by atoms with Crippen molar-refractivity contribution in [3.05, 3.63) is 65.5 Å². The van der Waals surface area contributed by atoms with Gasteiger partial charge in [-0.15, -0.1) is 0 Å². The van der Waals surface area contributed by atoms with E-state index in [4.69, 9.17) is 21.7 Å². The molecule has 0 saturated heterocycles. The van der Waals surface area contributed by atoms with Gasteiger partial charge >= 0.3 is 0 Å². The van der Waals surface area contributed by atoms with Gasteiger partial charge in [0.15, 0.2) is 16.6 Å². The minimum Gasteiger partial charge on any atom is -0.493 e. The van der Waals surface area contributed by atoms with Gasteiger partial charge in [-0.2, -0.15) is 0 Å². The van der Waals surface area contributed by atoms with Gasteiger partial charge in [0, 0.05) is 18.2 Å². The molecule has 0 radical (unpaired) electrons. The van der Waals surface area contributed by atoms with Gasteiger partial charge in [-0.3, -0.25) is 15.6 Å². The Bertz CT molecular complexity index is 825. The summed E-state index contributed by atoms with van der Waals surface area (Å²) in [4.78, 5) is 11.9. The average molecular weight is 389 g/mol. The molecule has 0 bridgehead atoms. The highest BCUT2D eigenvalue weighted by Crippen LogP contribution is 2.31. The summed E-state index contributed by atoms with van der Waals surface area (Å²) in [6.07, 6.45) is 2.94. The van der Waals surface area contributed by atoms with Gasteiger partial charge in [0.2, 0.25) is 0 Å². The lowest BCUT2D eigenvalue weighted by molar-refractivity contribution is -0.116. The molecule has 142 valence electrons. The number of hydrogen-bond donors (Lipinski definition) is 3. The van der Waals surface area contributed by atoms with Crippen molar-refractivity contribution in [2.75, 3.05) is 14.2 Å². The molecule has 27 heavy (non-hydrogen) atoms. The third-order valence-electron chi connectivity index (χ3n) is 3.51. The molecule has 2 aromatic rings. The van der Waals surface area contributed by atoms with Crippen molar-refractivity contribution >= 4 is 29.3 Å². The van der Waals surface area contributed by atoms with E-state index in [9.17, 15) is 9.18 Å². The normalized spacial score (nSPS) is 10.3. The number of nitrogens with one attached hydrogen (secondary N) is 3. The third kappa shape index (κ3) is 6.27. The first-order valence-electron chi connectivity index (χ1n) is 8.01. The van der Waals surface area contributed by atoms with E-state index in [1.807, 2.05) is 0 Å². The van der Waals surface area contributed by atoms with Crippen molar-refractivity contribution in [2.24, 2.45) is 0 Å². The predicted octanol–water partition coefficient (Wildman–Crippen LogP) is 2.55. The second-order valence-corrected chi connectivity index (χ2v) is 5.75. The van der Waals surface area contributed by atoms with E-state index in [0.29, 0.717) is 23.6 Å². The van der Waals surface area contributed by atoms with Gasteiger partial charge in [0.1, 0.15) is 5.82 Å². The first-order valence-corrected chi connectivity index (χ1v) is 8.41. The smallest absolute Gasteiger partial charge is 0.262 e. The van der Waals surface area contributed by atoms with Crippen LogP contribution in [0.3, 0.4) is 0 Å². The predicted molar refractivity (Wildman–Crippen MR) is 106 cm³/mol. The summed E-state index contributed by atoms with van der Waals surface area (Å²) >= 11 is 5.08. The molecule has 1 amide bonds. The molecule has 0 atom stereocenters. The number of carbonyl (C=O) groups is 1. The van der Waals surface area contributed by atoms with Crippen LogP contribution in [-0.2, 0) is 11.3 Å². The number of ether oxygens (including phenoxy) is 2. The number of thiocarbonyl (C=S) groups is 1. The molecule has 0 aliphatic carbocycles. The van der Waals surface area contributed by atoms with E-state index in [0.717, 1.165) is 5.56 Å². The number of carbonyl (C=O) groups excluding carboxylic acids is 1. The largest absolute Gasteiger partial charge is 0.493 e. The van der Waals surface area contributed by atoms with Crippen LogP contribution in [0.15, 0.2) is 48.5 Å². The van der Waals surface area contributed by atoms with Gasteiger partial charge in [-0.25, -0.2) is 4.39 Å².